The number of hydrogen-bond donors (Lipinski definition) is 0. The summed E-state index contributed by atoms with van der Waals surface area (Å²) in [6.07, 6.45) is 47.8. The van der Waals surface area contributed by atoms with Crippen molar-refractivity contribution < 1.29 is 19.1 Å². The third kappa shape index (κ3) is 39.4. The minimum Gasteiger partial charge on any atom is -0.465 e. The van der Waals surface area contributed by atoms with Crippen LogP contribution in [0.1, 0.15) is 278 Å². The van der Waals surface area contributed by atoms with Crippen molar-refractivity contribution >= 4 is 11.9 Å². The molecule has 1 rings (SSSR count). The predicted molar refractivity (Wildman–Crippen MR) is 282 cm³/mol. The Morgan fingerprint density at radius 1 is 0.415 bits per heavy atom. The fourth-order valence-electron chi connectivity index (χ4n) is 9.83. The zero-order chi connectivity index (χ0) is 47.3. The SMILES string of the molecule is CCCCCCCCC(CCCCCC)COC(=O)CCCCCCN(CCCCCCC(=O)OCC(CCCCCC)CCCCCCCC)CCN(CCCCN(C)C)C1CCC1. The van der Waals surface area contributed by atoms with Crippen molar-refractivity contribution in [3.05, 3.63) is 0 Å². The lowest BCUT2D eigenvalue weighted by atomic mass is 9.91. The Labute approximate surface area is 406 Å². The van der Waals surface area contributed by atoms with E-state index in [2.05, 4.69) is 56.5 Å². The number of rotatable bonds is 51. The molecule has 1 aliphatic carbocycles. The summed E-state index contributed by atoms with van der Waals surface area (Å²) < 4.78 is 11.8. The van der Waals surface area contributed by atoms with Crippen LogP contribution < -0.4 is 0 Å². The first-order valence-corrected chi connectivity index (χ1v) is 29.2. The van der Waals surface area contributed by atoms with E-state index in [1.807, 2.05) is 0 Å². The van der Waals surface area contributed by atoms with Crippen molar-refractivity contribution in [3.63, 3.8) is 0 Å². The molecule has 0 N–H and O–H groups in total. The molecule has 0 aromatic rings. The molecule has 1 aliphatic rings. The van der Waals surface area contributed by atoms with Gasteiger partial charge in [0.25, 0.3) is 0 Å². The zero-order valence-electron chi connectivity index (χ0n) is 44.9. The lowest BCUT2D eigenvalue weighted by molar-refractivity contribution is -0.146. The van der Waals surface area contributed by atoms with Crippen LogP contribution in [0.25, 0.3) is 0 Å². The van der Waals surface area contributed by atoms with Crippen molar-refractivity contribution in [2.75, 3.05) is 66.6 Å². The van der Waals surface area contributed by atoms with Gasteiger partial charge in [-0.3, -0.25) is 14.5 Å². The number of esters is 2. The summed E-state index contributed by atoms with van der Waals surface area (Å²) in [6.45, 7) is 17.4. The quantitative estimate of drug-likeness (QED) is 0.0445. The third-order valence-electron chi connectivity index (χ3n) is 14.6. The highest BCUT2D eigenvalue weighted by atomic mass is 16.5. The van der Waals surface area contributed by atoms with Gasteiger partial charge in [-0.15, -0.1) is 0 Å². The first-order chi connectivity index (χ1) is 31.8. The average molecular weight is 919 g/mol. The Kier molecular flexibility index (Phi) is 44.3. The number of nitrogens with zero attached hydrogens (tertiary/aromatic N) is 3. The van der Waals surface area contributed by atoms with Crippen LogP contribution in [0.2, 0.25) is 0 Å². The van der Waals surface area contributed by atoms with Crippen molar-refractivity contribution in [2.45, 2.75) is 284 Å². The molecule has 0 spiro atoms. The first-order valence-electron chi connectivity index (χ1n) is 29.2. The maximum Gasteiger partial charge on any atom is 0.305 e. The van der Waals surface area contributed by atoms with Gasteiger partial charge in [0, 0.05) is 32.0 Å². The molecule has 0 amide bonds. The van der Waals surface area contributed by atoms with Gasteiger partial charge >= 0.3 is 11.9 Å². The zero-order valence-corrected chi connectivity index (χ0v) is 44.9. The maximum absolute atomic E-state index is 12.8. The Bertz CT molecular complexity index is 961. The molecule has 0 bridgehead atoms. The van der Waals surface area contributed by atoms with Crippen molar-refractivity contribution in [2.24, 2.45) is 11.8 Å². The van der Waals surface area contributed by atoms with E-state index in [1.54, 1.807) is 0 Å². The monoisotopic (exact) mass is 918 g/mol. The number of carbonyl (C=O) groups excluding carboxylic acids is 2. The van der Waals surface area contributed by atoms with E-state index in [4.69, 9.17) is 9.47 Å². The molecule has 386 valence electrons. The van der Waals surface area contributed by atoms with Crippen LogP contribution in [0, 0.1) is 11.8 Å². The number of unbranched alkanes of at least 4 members (excludes halogenated alkanes) is 23. The number of hydrogen-bond acceptors (Lipinski definition) is 7. The molecule has 2 atom stereocenters. The summed E-state index contributed by atoms with van der Waals surface area (Å²) in [7, 11) is 4.37. The molecule has 2 unspecified atom stereocenters. The summed E-state index contributed by atoms with van der Waals surface area (Å²) >= 11 is 0. The normalized spacial score (nSPS) is 14.1. The van der Waals surface area contributed by atoms with E-state index in [-0.39, 0.29) is 11.9 Å². The minimum atomic E-state index is 0.0218. The second-order valence-electron chi connectivity index (χ2n) is 21.2. The van der Waals surface area contributed by atoms with E-state index in [0.717, 1.165) is 51.4 Å². The smallest absolute Gasteiger partial charge is 0.305 e. The molecule has 0 radical (unpaired) electrons. The van der Waals surface area contributed by atoms with E-state index in [9.17, 15) is 9.59 Å². The molecule has 0 aromatic carbocycles. The van der Waals surface area contributed by atoms with Crippen LogP contribution in [0.4, 0.5) is 0 Å². The molecule has 1 fully saturated rings. The molecule has 7 nitrogen and oxygen atoms in total. The molecular formula is C58H115N3O4. The van der Waals surface area contributed by atoms with Gasteiger partial charge in [-0.05, 0) is 129 Å². The number of carbonyl (C=O) groups is 2. The molecule has 0 aliphatic heterocycles. The van der Waals surface area contributed by atoms with Crippen LogP contribution in [-0.2, 0) is 19.1 Å². The Morgan fingerprint density at radius 3 is 1.17 bits per heavy atom. The second-order valence-corrected chi connectivity index (χ2v) is 21.2. The molecular weight excluding hydrogens is 803 g/mol. The molecule has 0 saturated heterocycles. The lowest BCUT2D eigenvalue weighted by Gasteiger charge is -2.39. The lowest BCUT2D eigenvalue weighted by Crippen LogP contribution is -2.45. The highest BCUT2D eigenvalue weighted by Gasteiger charge is 2.25. The number of ether oxygens (including phenoxy) is 2. The van der Waals surface area contributed by atoms with E-state index in [0.29, 0.717) is 37.9 Å². The summed E-state index contributed by atoms with van der Waals surface area (Å²) in [5.74, 6) is 1.12. The standard InChI is InChI=1S/C58H115N3O4/c1-7-11-15-19-21-29-40-54(38-27-17-13-9-3)52-64-57(62)44-31-23-25-33-47-60(50-51-61(56-42-37-43-56)49-36-35-46-59(5)6)48-34-26-24-32-45-58(63)65-53-55(39-28-18-14-10-4)41-30-22-20-16-12-8-2/h54-56H,7-53H2,1-6H3. The summed E-state index contributed by atoms with van der Waals surface area (Å²) in [4.78, 5) is 33.5. The second kappa shape index (κ2) is 46.5. The topological polar surface area (TPSA) is 62.3 Å². The predicted octanol–water partition coefficient (Wildman–Crippen LogP) is 16.1. The van der Waals surface area contributed by atoms with Gasteiger partial charge in [0.2, 0.25) is 0 Å². The van der Waals surface area contributed by atoms with Crippen LogP contribution in [0.3, 0.4) is 0 Å². The maximum atomic E-state index is 12.8. The highest BCUT2D eigenvalue weighted by molar-refractivity contribution is 5.69. The van der Waals surface area contributed by atoms with Crippen molar-refractivity contribution in [1.29, 1.82) is 0 Å². The van der Waals surface area contributed by atoms with E-state index >= 15 is 0 Å². The highest BCUT2D eigenvalue weighted by Crippen LogP contribution is 2.26. The van der Waals surface area contributed by atoms with E-state index < -0.39 is 0 Å². The molecule has 1 saturated carbocycles. The van der Waals surface area contributed by atoms with Gasteiger partial charge in [0.05, 0.1) is 13.2 Å². The third-order valence-corrected chi connectivity index (χ3v) is 14.6. The fourth-order valence-corrected chi connectivity index (χ4v) is 9.83. The fraction of sp³-hybridized carbons (Fsp3) is 0.966. The summed E-state index contributed by atoms with van der Waals surface area (Å²) in [5, 5.41) is 0. The molecule has 65 heavy (non-hydrogen) atoms. The van der Waals surface area contributed by atoms with Crippen LogP contribution in [-0.4, -0.2) is 99.3 Å². The summed E-state index contributed by atoms with van der Waals surface area (Å²) in [5.41, 5.74) is 0. The Balaban J connectivity index is 2.53. The van der Waals surface area contributed by atoms with Gasteiger partial charge in [-0.25, -0.2) is 0 Å². The van der Waals surface area contributed by atoms with Crippen molar-refractivity contribution in [3.8, 4) is 0 Å². The summed E-state index contributed by atoms with van der Waals surface area (Å²) in [6, 6.07) is 0.787. The first kappa shape index (κ1) is 61.8. The minimum absolute atomic E-state index is 0.0218. The largest absolute Gasteiger partial charge is 0.465 e. The van der Waals surface area contributed by atoms with Crippen molar-refractivity contribution in [1.82, 2.24) is 14.7 Å². The van der Waals surface area contributed by atoms with Crippen LogP contribution in [0.15, 0.2) is 0 Å². The van der Waals surface area contributed by atoms with Gasteiger partial charge < -0.3 is 19.3 Å². The molecule has 7 heteroatoms. The van der Waals surface area contributed by atoms with E-state index in [1.165, 1.54) is 232 Å². The van der Waals surface area contributed by atoms with Gasteiger partial charge in [0.15, 0.2) is 0 Å². The Morgan fingerprint density at radius 2 is 0.769 bits per heavy atom. The van der Waals surface area contributed by atoms with Crippen LogP contribution in [0.5, 0.6) is 0 Å². The molecule has 0 heterocycles. The Hall–Kier alpha value is -1.18. The average Bonchev–Trinajstić information content (AvgIpc) is 3.28. The van der Waals surface area contributed by atoms with Gasteiger partial charge in [-0.1, -0.05) is 188 Å². The van der Waals surface area contributed by atoms with Gasteiger partial charge in [0.1, 0.15) is 0 Å². The molecule has 0 aromatic heterocycles. The van der Waals surface area contributed by atoms with Gasteiger partial charge in [-0.2, -0.15) is 0 Å². The van der Waals surface area contributed by atoms with Crippen LogP contribution >= 0.6 is 0 Å².